The first-order valence-electron chi connectivity index (χ1n) is 5.10. The number of rotatable bonds is 3. The van der Waals surface area contributed by atoms with E-state index < -0.39 is 7.82 Å². The summed E-state index contributed by atoms with van der Waals surface area (Å²) in [5, 5.41) is 9.94. The molecule has 0 aliphatic rings. The second-order valence-electron chi connectivity index (χ2n) is 3.60. The molecule has 0 fully saturated rings. The first-order valence-corrected chi connectivity index (χ1v) is 6.63. The van der Waals surface area contributed by atoms with Gasteiger partial charge in [-0.3, -0.25) is 9.79 Å². The molecule has 94 valence electrons. The fraction of sp³-hybridized carbons (Fsp3) is 0. The molecule has 3 N–H and O–H groups in total. The van der Waals surface area contributed by atoms with E-state index in [1.54, 1.807) is 36.4 Å². The van der Waals surface area contributed by atoms with Crippen LogP contribution >= 0.6 is 7.82 Å². The van der Waals surface area contributed by atoms with E-state index in [1.165, 1.54) is 6.07 Å². The Morgan fingerprint density at radius 1 is 0.944 bits per heavy atom. The van der Waals surface area contributed by atoms with Crippen LogP contribution < -0.4 is 4.52 Å². The lowest BCUT2D eigenvalue weighted by Gasteiger charge is -2.11. The lowest BCUT2D eigenvalue weighted by atomic mass is 10.0. The van der Waals surface area contributed by atoms with Gasteiger partial charge in [-0.15, -0.1) is 0 Å². The van der Waals surface area contributed by atoms with Crippen LogP contribution in [0.1, 0.15) is 0 Å². The van der Waals surface area contributed by atoms with E-state index in [0.717, 1.165) is 5.56 Å². The van der Waals surface area contributed by atoms with Crippen molar-refractivity contribution in [2.45, 2.75) is 0 Å². The van der Waals surface area contributed by atoms with Crippen LogP contribution in [0.5, 0.6) is 11.5 Å². The summed E-state index contributed by atoms with van der Waals surface area (Å²) < 4.78 is 15.2. The van der Waals surface area contributed by atoms with Crippen molar-refractivity contribution in [1.82, 2.24) is 0 Å². The minimum absolute atomic E-state index is 0.246. The van der Waals surface area contributed by atoms with Crippen LogP contribution in [0.2, 0.25) is 0 Å². The maximum Gasteiger partial charge on any atom is 0.524 e. The number of phenols is 1. The largest absolute Gasteiger partial charge is 0.524 e. The fourth-order valence-corrected chi connectivity index (χ4v) is 1.98. The lowest BCUT2D eigenvalue weighted by Crippen LogP contribution is -1.91. The molecule has 0 radical (unpaired) electrons. The van der Waals surface area contributed by atoms with Gasteiger partial charge in [0.05, 0.1) is 0 Å². The number of benzene rings is 2. The van der Waals surface area contributed by atoms with Crippen molar-refractivity contribution in [3.05, 3.63) is 48.5 Å². The third-order valence-corrected chi connectivity index (χ3v) is 2.74. The van der Waals surface area contributed by atoms with Gasteiger partial charge >= 0.3 is 7.82 Å². The highest BCUT2D eigenvalue weighted by Gasteiger charge is 2.20. The van der Waals surface area contributed by atoms with E-state index in [9.17, 15) is 9.67 Å². The van der Waals surface area contributed by atoms with E-state index >= 15 is 0 Å². The first-order chi connectivity index (χ1) is 8.47. The zero-order valence-electron chi connectivity index (χ0n) is 9.22. The molecular weight excluding hydrogens is 255 g/mol. The zero-order chi connectivity index (χ0) is 13.2. The Balaban J connectivity index is 2.46. The van der Waals surface area contributed by atoms with Crippen molar-refractivity contribution in [2.24, 2.45) is 0 Å². The third-order valence-electron chi connectivity index (χ3n) is 2.30. The molecular formula is C12H11O5P. The van der Waals surface area contributed by atoms with Crippen LogP contribution in [0.25, 0.3) is 11.1 Å². The van der Waals surface area contributed by atoms with Crippen molar-refractivity contribution < 1.29 is 24.0 Å². The second-order valence-corrected chi connectivity index (χ2v) is 4.76. The van der Waals surface area contributed by atoms with Gasteiger partial charge in [0.1, 0.15) is 0 Å². The predicted molar refractivity (Wildman–Crippen MR) is 66.2 cm³/mol. The summed E-state index contributed by atoms with van der Waals surface area (Å²) in [7, 11) is -4.69. The summed E-state index contributed by atoms with van der Waals surface area (Å²) in [6.07, 6.45) is 0. The van der Waals surface area contributed by atoms with E-state index in [1.807, 2.05) is 6.07 Å². The molecule has 2 aromatic carbocycles. The van der Waals surface area contributed by atoms with Gasteiger partial charge in [-0.1, -0.05) is 42.5 Å². The highest BCUT2D eigenvalue weighted by Crippen LogP contribution is 2.44. The Morgan fingerprint density at radius 2 is 1.61 bits per heavy atom. The average molecular weight is 266 g/mol. The molecule has 6 heteroatoms. The molecule has 0 aliphatic heterocycles. The van der Waals surface area contributed by atoms with Crippen molar-refractivity contribution in [3.8, 4) is 22.6 Å². The van der Waals surface area contributed by atoms with Gasteiger partial charge in [0.2, 0.25) is 0 Å². The number of phenolic OH excluding ortho intramolecular Hbond substituents is 1. The Bertz CT molecular complexity index is 591. The maximum absolute atomic E-state index is 10.8. The van der Waals surface area contributed by atoms with Crippen molar-refractivity contribution in [2.75, 3.05) is 0 Å². The summed E-state index contributed by atoms with van der Waals surface area (Å²) in [6.45, 7) is 0. The summed E-state index contributed by atoms with van der Waals surface area (Å²) in [6, 6.07) is 13.4. The molecule has 0 aliphatic carbocycles. The number of para-hydroxylation sites is 1. The third kappa shape index (κ3) is 2.90. The molecule has 0 spiro atoms. The molecule has 0 unspecified atom stereocenters. The summed E-state index contributed by atoms with van der Waals surface area (Å²) in [5.74, 6) is -0.545. The summed E-state index contributed by atoms with van der Waals surface area (Å²) in [5.41, 5.74) is 1.17. The topological polar surface area (TPSA) is 87.0 Å². The number of aromatic hydroxyl groups is 1. The average Bonchev–Trinajstić information content (AvgIpc) is 2.31. The van der Waals surface area contributed by atoms with Gasteiger partial charge in [-0.2, -0.15) is 0 Å². The highest BCUT2D eigenvalue weighted by atomic mass is 31.2. The van der Waals surface area contributed by atoms with Gasteiger partial charge in [0.15, 0.2) is 11.5 Å². The zero-order valence-corrected chi connectivity index (χ0v) is 10.1. The van der Waals surface area contributed by atoms with Crippen LogP contribution in [0, 0.1) is 0 Å². The van der Waals surface area contributed by atoms with Gasteiger partial charge < -0.3 is 9.63 Å². The Morgan fingerprint density at radius 3 is 2.22 bits per heavy atom. The molecule has 18 heavy (non-hydrogen) atoms. The number of hydrogen-bond donors (Lipinski definition) is 3. The Kier molecular flexibility index (Phi) is 3.39. The normalized spacial score (nSPS) is 11.2. The monoisotopic (exact) mass is 266 g/mol. The quantitative estimate of drug-likeness (QED) is 0.743. The van der Waals surface area contributed by atoms with Crippen LogP contribution in [-0.4, -0.2) is 14.9 Å². The molecule has 0 saturated carbocycles. The van der Waals surface area contributed by atoms with Crippen LogP contribution in [0.3, 0.4) is 0 Å². The molecule has 5 nitrogen and oxygen atoms in total. The lowest BCUT2D eigenvalue weighted by molar-refractivity contribution is 0.278. The van der Waals surface area contributed by atoms with Gasteiger partial charge in [-0.05, 0) is 11.6 Å². The molecule has 0 heterocycles. The molecule has 0 amide bonds. The van der Waals surface area contributed by atoms with Gasteiger partial charge in [-0.25, -0.2) is 4.57 Å². The van der Waals surface area contributed by atoms with E-state index in [0.29, 0.717) is 5.56 Å². The minimum Gasteiger partial charge on any atom is -0.504 e. The van der Waals surface area contributed by atoms with E-state index in [-0.39, 0.29) is 11.5 Å². The van der Waals surface area contributed by atoms with Crippen molar-refractivity contribution >= 4 is 7.82 Å². The Labute approximate surface area is 104 Å². The van der Waals surface area contributed by atoms with Crippen molar-refractivity contribution in [3.63, 3.8) is 0 Å². The van der Waals surface area contributed by atoms with Crippen molar-refractivity contribution in [1.29, 1.82) is 0 Å². The minimum atomic E-state index is -4.69. The van der Waals surface area contributed by atoms with Crippen LogP contribution in [-0.2, 0) is 4.57 Å². The second kappa shape index (κ2) is 4.82. The number of hydrogen-bond acceptors (Lipinski definition) is 3. The molecule has 2 rings (SSSR count). The fourth-order valence-electron chi connectivity index (χ4n) is 1.57. The van der Waals surface area contributed by atoms with E-state index in [4.69, 9.17) is 9.79 Å². The predicted octanol–water partition coefficient (Wildman–Crippen LogP) is 2.53. The van der Waals surface area contributed by atoms with Gasteiger partial charge in [0.25, 0.3) is 0 Å². The van der Waals surface area contributed by atoms with E-state index in [2.05, 4.69) is 4.52 Å². The van der Waals surface area contributed by atoms with Crippen LogP contribution in [0.15, 0.2) is 48.5 Å². The molecule has 0 bridgehead atoms. The molecule has 0 atom stereocenters. The SMILES string of the molecule is O=P(O)(O)Oc1cccc(-c2ccccc2)c1O. The van der Waals surface area contributed by atoms with Crippen LogP contribution in [0.4, 0.5) is 0 Å². The summed E-state index contributed by atoms with van der Waals surface area (Å²) in [4.78, 5) is 17.5. The standard InChI is InChI=1S/C12H11O5P/c13-12-10(9-5-2-1-3-6-9)7-4-8-11(12)17-18(14,15)16/h1-8,13H,(H2,14,15,16). The number of phosphoric acid groups is 1. The Hall–Kier alpha value is -1.81. The first kappa shape index (κ1) is 12.6. The summed E-state index contributed by atoms with van der Waals surface area (Å²) >= 11 is 0. The van der Waals surface area contributed by atoms with Gasteiger partial charge in [0, 0.05) is 5.56 Å². The maximum atomic E-state index is 10.8. The molecule has 0 aromatic heterocycles. The smallest absolute Gasteiger partial charge is 0.504 e. The molecule has 2 aromatic rings. The number of phosphoric ester groups is 1. The molecule has 0 saturated heterocycles. The highest BCUT2D eigenvalue weighted by molar-refractivity contribution is 7.46.